The van der Waals surface area contributed by atoms with Gasteiger partial charge < -0.3 is 14.5 Å². The van der Waals surface area contributed by atoms with Crippen LogP contribution in [0.5, 0.6) is 5.75 Å². The second-order valence-corrected chi connectivity index (χ2v) is 10.2. The molecule has 0 spiro atoms. The highest BCUT2D eigenvalue weighted by molar-refractivity contribution is 6.00. The van der Waals surface area contributed by atoms with Crippen molar-refractivity contribution < 1.29 is 23.1 Å². The Bertz CT molecular complexity index is 1480. The molecular weight excluding hydrogens is 490 g/mol. The summed E-state index contributed by atoms with van der Waals surface area (Å²) in [6, 6.07) is 9.90. The monoisotopic (exact) mass is 520 g/mol. The fourth-order valence-electron chi connectivity index (χ4n) is 5.37. The molecule has 7 nitrogen and oxygen atoms in total. The summed E-state index contributed by atoms with van der Waals surface area (Å²) >= 11 is 0. The molecule has 2 aromatic carbocycles. The summed E-state index contributed by atoms with van der Waals surface area (Å²) in [5.74, 6) is 6.99. The molecule has 0 radical (unpaired) electrons. The Morgan fingerprint density at radius 1 is 1.24 bits per heavy atom. The summed E-state index contributed by atoms with van der Waals surface area (Å²) < 4.78 is 33.4. The van der Waals surface area contributed by atoms with Gasteiger partial charge in [0.2, 0.25) is 5.91 Å². The first-order valence-corrected chi connectivity index (χ1v) is 12.8. The highest BCUT2D eigenvalue weighted by Crippen LogP contribution is 2.40. The summed E-state index contributed by atoms with van der Waals surface area (Å²) in [6.45, 7) is 3.97. The van der Waals surface area contributed by atoms with Crippen molar-refractivity contribution >= 4 is 22.8 Å². The second-order valence-electron chi connectivity index (χ2n) is 10.2. The van der Waals surface area contributed by atoms with E-state index in [4.69, 9.17) is 9.72 Å². The Hall–Kier alpha value is -3.93. The van der Waals surface area contributed by atoms with Gasteiger partial charge in [0, 0.05) is 38.0 Å². The highest BCUT2D eigenvalue weighted by atomic mass is 19.3. The van der Waals surface area contributed by atoms with Crippen molar-refractivity contribution in [1.29, 1.82) is 0 Å². The molecule has 198 valence electrons. The van der Waals surface area contributed by atoms with Crippen molar-refractivity contribution in [3.63, 3.8) is 0 Å². The molecule has 0 saturated carbocycles. The van der Waals surface area contributed by atoms with Crippen molar-refractivity contribution in [2.24, 2.45) is 5.41 Å². The van der Waals surface area contributed by atoms with Crippen LogP contribution in [0, 0.1) is 17.3 Å². The van der Waals surface area contributed by atoms with Crippen molar-refractivity contribution in [3.8, 4) is 23.3 Å². The third-order valence-electron chi connectivity index (χ3n) is 7.64. The first-order chi connectivity index (χ1) is 18.1. The summed E-state index contributed by atoms with van der Waals surface area (Å²) in [5, 5.41) is 0. The number of amides is 2. The van der Waals surface area contributed by atoms with E-state index in [1.54, 1.807) is 35.6 Å². The van der Waals surface area contributed by atoms with E-state index in [1.807, 2.05) is 30.0 Å². The molecule has 3 aromatic rings. The smallest absolute Gasteiger partial charge is 0.387 e. The lowest BCUT2D eigenvalue weighted by molar-refractivity contribution is -0.130. The number of carbonyl (C=O) groups is 2. The summed E-state index contributed by atoms with van der Waals surface area (Å²) in [5.41, 5.74) is 2.39. The van der Waals surface area contributed by atoms with E-state index >= 15 is 0 Å². The molecule has 1 atom stereocenters. The largest absolute Gasteiger partial charge is 0.433 e. The number of carbonyl (C=O) groups excluding carboxylic acids is 2. The van der Waals surface area contributed by atoms with E-state index in [1.165, 1.54) is 6.07 Å². The van der Waals surface area contributed by atoms with Crippen molar-refractivity contribution in [2.45, 2.75) is 52.7 Å². The third-order valence-corrected chi connectivity index (χ3v) is 7.64. The number of halogens is 2. The number of rotatable bonds is 3. The summed E-state index contributed by atoms with van der Waals surface area (Å²) in [4.78, 5) is 33.4. The van der Waals surface area contributed by atoms with Crippen LogP contribution in [-0.4, -0.2) is 57.9 Å². The Balaban J connectivity index is 1.64. The zero-order chi connectivity index (χ0) is 27.2. The minimum absolute atomic E-state index is 0.0804. The third kappa shape index (κ3) is 4.49. The van der Waals surface area contributed by atoms with Crippen molar-refractivity contribution in [2.75, 3.05) is 20.1 Å². The van der Waals surface area contributed by atoms with Crippen LogP contribution in [0.3, 0.4) is 0 Å². The van der Waals surface area contributed by atoms with Gasteiger partial charge in [0.15, 0.2) is 5.75 Å². The highest BCUT2D eigenvalue weighted by Gasteiger charge is 2.35. The lowest BCUT2D eigenvalue weighted by Crippen LogP contribution is -2.40. The molecule has 0 N–H and O–H groups in total. The van der Waals surface area contributed by atoms with Gasteiger partial charge in [-0.15, -0.1) is 0 Å². The van der Waals surface area contributed by atoms with Gasteiger partial charge in [-0.05, 0) is 56.5 Å². The van der Waals surface area contributed by atoms with E-state index in [0.29, 0.717) is 36.4 Å². The predicted octanol–water partition coefficient (Wildman–Crippen LogP) is 5.16. The zero-order valence-electron chi connectivity index (χ0n) is 21.9. The van der Waals surface area contributed by atoms with Crippen molar-refractivity contribution in [1.82, 2.24) is 19.4 Å². The molecule has 0 bridgehead atoms. The van der Waals surface area contributed by atoms with Gasteiger partial charge in [-0.3, -0.25) is 14.2 Å². The van der Waals surface area contributed by atoms with E-state index in [-0.39, 0.29) is 40.3 Å². The van der Waals surface area contributed by atoms with Gasteiger partial charge in [0.1, 0.15) is 11.5 Å². The number of nitrogens with zero attached hydrogens (tertiary/aromatic N) is 4. The van der Waals surface area contributed by atoms with Gasteiger partial charge >= 0.3 is 6.61 Å². The average Bonchev–Trinajstić information content (AvgIpc) is 3.21. The zero-order valence-corrected chi connectivity index (χ0v) is 21.9. The number of aromatic nitrogens is 2. The number of hydrogen-bond acceptors (Lipinski definition) is 4. The Kier molecular flexibility index (Phi) is 6.59. The van der Waals surface area contributed by atoms with E-state index < -0.39 is 6.61 Å². The maximum absolute atomic E-state index is 13.4. The number of para-hydroxylation sites is 1. The molecule has 5 rings (SSSR count). The Morgan fingerprint density at radius 2 is 1.97 bits per heavy atom. The maximum Gasteiger partial charge on any atom is 0.387 e. The van der Waals surface area contributed by atoms with Gasteiger partial charge in [-0.1, -0.05) is 24.8 Å². The van der Waals surface area contributed by atoms with Gasteiger partial charge in [0.25, 0.3) is 5.91 Å². The van der Waals surface area contributed by atoms with Crippen LogP contribution in [0.2, 0.25) is 0 Å². The number of likely N-dealkylation sites (tertiary alicyclic amines) is 1. The minimum atomic E-state index is -3.05. The van der Waals surface area contributed by atoms with Crippen LogP contribution in [0.15, 0.2) is 36.4 Å². The Labute approximate surface area is 220 Å². The number of piperidine rings is 1. The minimum Gasteiger partial charge on any atom is -0.433 e. The predicted molar refractivity (Wildman–Crippen MR) is 139 cm³/mol. The molecule has 1 aromatic heterocycles. The molecule has 1 fully saturated rings. The van der Waals surface area contributed by atoms with Crippen LogP contribution >= 0.6 is 0 Å². The van der Waals surface area contributed by atoms with E-state index in [0.717, 1.165) is 18.4 Å². The molecule has 2 amide bonds. The number of ether oxygens (including phenoxy) is 1. The van der Waals surface area contributed by atoms with Gasteiger partial charge in [-0.2, -0.15) is 8.78 Å². The molecule has 2 aliphatic rings. The number of hydrogen-bond donors (Lipinski definition) is 0. The topological polar surface area (TPSA) is 67.7 Å². The second kappa shape index (κ2) is 9.75. The Morgan fingerprint density at radius 3 is 2.63 bits per heavy atom. The van der Waals surface area contributed by atoms with E-state index in [2.05, 4.69) is 18.8 Å². The SMILES string of the molecule is CC[C@@H]1c2nc3ccc(C#CC4(C)CCN(C(C)=O)CC4)cc3n2-c2c(OC(F)F)cccc2C(=O)N1C. The molecule has 2 aliphatic heterocycles. The summed E-state index contributed by atoms with van der Waals surface area (Å²) in [7, 11) is 1.70. The summed E-state index contributed by atoms with van der Waals surface area (Å²) in [6.07, 6.45) is 2.17. The first-order valence-electron chi connectivity index (χ1n) is 12.8. The lowest BCUT2D eigenvalue weighted by Gasteiger charge is -2.35. The quantitative estimate of drug-likeness (QED) is 0.448. The standard InChI is InChI=1S/C29H30F2N4O3/c1-5-22-26-32-21-10-9-19(11-12-29(3)13-15-34(16-14-29)18(2)36)17-23(21)35(26)25-20(27(37)33(22)4)7-6-8-24(25)38-28(30)31/h6-10,17,22,28H,5,13-16H2,1-4H3/t22-/m1/s1. The molecule has 38 heavy (non-hydrogen) atoms. The van der Waals surface area contributed by atoms with Crippen LogP contribution in [0.25, 0.3) is 16.7 Å². The first kappa shape index (κ1) is 25.7. The lowest BCUT2D eigenvalue weighted by atomic mass is 9.81. The van der Waals surface area contributed by atoms with Crippen LogP contribution in [0.1, 0.15) is 67.8 Å². The van der Waals surface area contributed by atoms with Crippen molar-refractivity contribution in [3.05, 3.63) is 53.3 Å². The van der Waals surface area contributed by atoms with Crippen LogP contribution in [0.4, 0.5) is 8.78 Å². The van der Waals surface area contributed by atoms with Crippen LogP contribution in [-0.2, 0) is 4.79 Å². The van der Waals surface area contributed by atoms with Crippen LogP contribution < -0.4 is 4.74 Å². The fourth-order valence-corrected chi connectivity index (χ4v) is 5.37. The fraction of sp³-hybridized carbons (Fsp3) is 0.414. The molecule has 9 heteroatoms. The number of alkyl halides is 2. The number of fused-ring (bicyclic) bond motifs is 5. The average molecular weight is 521 g/mol. The van der Waals surface area contributed by atoms with E-state index in [9.17, 15) is 18.4 Å². The molecule has 1 saturated heterocycles. The molecule has 0 unspecified atom stereocenters. The normalized spacial score (nSPS) is 18.5. The number of benzene rings is 2. The maximum atomic E-state index is 13.4. The molecule has 0 aliphatic carbocycles. The molecule has 3 heterocycles. The molecular formula is C29H30F2N4O3. The van der Waals surface area contributed by atoms with Gasteiger partial charge in [-0.25, -0.2) is 4.98 Å². The van der Waals surface area contributed by atoms with Gasteiger partial charge in [0.05, 0.1) is 22.6 Å². The number of imidazole rings is 1.